The van der Waals surface area contributed by atoms with Gasteiger partial charge in [-0.05, 0) is 57.5 Å². The highest BCUT2D eigenvalue weighted by atomic mass is 16.5. The second-order valence-electron chi connectivity index (χ2n) is 8.88. The number of carboxylic acid groups (broad SMARTS) is 1. The number of aryl methyl sites for hydroxylation is 1. The van der Waals surface area contributed by atoms with Crippen molar-refractivity contribution >= 4 is 11.8 Å². The number of nitrogens with one attached hydrogen (secondary N) is 1. The second-order valence-corrected chi connectivity index (χ2v) is 8.88. The third-order valence-corrected chi connectivity index (χ3v) is 5.99. The molecule has 6 nitrogen and oxygen atoms in total. The molecule has 1 saturated heterocycles. The van der Waals surface area contributed by atoms with E-state index in [-0.39, 0.29) is 0 Å². The molecule has 1 aliphatic rings. The number of carbonyl (C=O) groups is 1. The van der Waals surface area contributed by atoms with Gasteiger partial charge in [0.1, 0.15) is 0 Å². The Balaban J connectivity index is 1.59. The van der Waals surface area contributed by atoms with E-state index in [0.717, 1.165) is 44.7 Å². The van der Waals surface area contributed by atoms with E-state index in [4.69, 9.17) is 9.84 Å². The summed E-state index contributed by atoms with van der Waals surface area (Å²) >= 11 is 0. The maximum absolute atomic E-state index is 10.9. The first-order valence-electron chi connectivity index (χ1n) is 11.5. The number of nitrogens with zero attached hydrogens (tertiary/aromatic N) is 2. The molecular weight excluding hydrogens is 378 g/mol. The van der Waals surface area contributed by atoms with E-state index in [9.17, 15) is 4.79 Å². The zero-order chi connectivity index (χ0) is 21.8. The molecule has 2 atom stereocenters. The SMILES string of the molecule is CC(CN(C)C)C1COCCN1CCCCCCCCc1ccccc1NC(=O)O. The zero-order valence-electron chi connectivity index (χ0n) is 19.1. The number of hydrogen-bond donors (Lipinski definition) is 2. The van der Waals surface area contributed by atoms with Crippen molar-refractivity contribution in [3.8, 4) is 0 Å². The van der Waals surface area contributed by atoms with Gasteiger partial charge in [0, 0.05) is 24.8 Å². The van der Waals surface area contributed by atoms with Crippen LogP contribution in [0.4, 0.5) is 10.5 Å². The highest BCUT2D eigenvalue weighted by Gasteiger charge is 2.27. The number of unbranched alkanes of at least 4 members (excludes halogenated alkanes) is 5. The van der Waals surface area contributed by atoms with Crippen LogP contribution in [-0.4, -0.2) is 74.0 Å². The molecule has 170 valence electrons. The number of amides is 1. The lowest BCUT2D eigenvalue weighted by Gasteiger charge is -2.40. The summed E-state index contributed by atoms with van der Waals surface area (Å²) in [4.78, 5) is 15.8. The van der Waals surface area contributed by atoms with Crippen molar-refractivity contribution in [3.05, 3.63) is 29.8 Å². The average Bonchev–Trinajstić information content (AvgIpc) is 2.70. The predicted molar refractivity (Wildman–Crippen MR) is 123 cm³/mol. The Morgan fingerprint density at radius 2 is 1.90 bits per heavy atom. The molecule has 2 rings (SSSR count). The van der Waals surface area contributed by atoms with Gasteiger partial charge in [0.25, 0.3) is 0 Å². The van der Waals surface area contributed by atoms with Crippen molar-refractivity contribution in [2.75, 3.05) is 52.3 Å². The van der Waals surface area contributed by atoms with Gasteiger partial charge in [-0.1, -0.05) is 50.8 Å². The summed E-state index contributed by atoms with van der Waals surface area (Å²) in [5.41, 5.74) is 1.80. The molecule has 1 heterocycles. The van der Waals surface area contributed by atoms with E-state index >= 15 is 0 Å². The van der Waals surface area contributed by atoms with Crippen molar-refractivity contribution in [1.29, 1.82) is 0 Å². The summed E-state index contributed by atoms with van der Waals surface area (Å²) in [6.07, 6.45) is 7.29. The van der Waals surface area contributed by atoms with Gasteiger partial charge in [-0.2, -0.15) is 0 Å². The van der Waals surface area contributed by atoms with Crippen molar-refractivity contribution in [1.82, 2.24) is 9.80 Å². The monoisotopic (exact) mass is 419 g/mol. The molecule has 0 radical (unpaired) electrons. The van der Waals surface area contributed by atoms with Crippen LogP contribution >= 0.6 is 0 Å². The lowest BCUT2D eigenvalue weighted by Crippen LogP contribution is -2.50. The summed E-state index contributed by atoms with van der Waals surface area (Å²) in [5, 5.41) is 11.4. The molecule has 1 aliphatic heterocycles. The summed E-state index contributed by atoms with van der Waals surface area (Å²) < 4.78 is 5.76. The van der Waals surface area contributed by atoms with Gasteiger partial charge in [0.2, 0.25) is 0 Å². The quantitative estimate of drug-likeness (QED) is 0.459. The smallest absolute Gasteiger partial charge is 0.409 e. The van der Waals surface area contributed by atoms with Crippen LogP contribution in [0.1, 0.15) is 51.0 Å². The van der Waals surface area contributed by atoms with Gasteiger partial charge in [0.05, 0.1) is 13.2 Å². The first-order valence-corrected chi connectivity index (χ1v) is 11.5. The Bertz CT molecular complexity index is 623. The van der Waals surface area contributed by atoms with Crippen molar-refractivity contribution in [2.24, 2.45) is 5.92 Å². The fraction of sp³-hybridized carbons (Fsp3) is 0.708. The number of para-hydroxylation sites is 1. The zero-order valence-corrected chi connectivity index (χ0v) is 19.1. The number of ether oxygens (including phenoxy) is 1. The van der Waals surface area contributed by atoms with Gasteiger partial charge in [-0.25, -0.2) is 4.79 Å². The fourth-order valence-corrected chi connectivity index (χ4v) is 4.47. The summed E-state index contributed by atoms with van der Waals surface area (Å²) in [5.74, 6) is 0.624. The molecule has 1 amide bonds. The van der Waals surface area contributed by atoms with Crippen LogP contribution in [-0.2, 0) is 11.2 Å². The summed E-state index contributed by atoms with van der Waals surface area (Å²) in [7, 11) is 4.29. The van der Waals surface area contributed by atoms with E-state index in [1.165, 1.54) is 38.6 Å². The normalized spacial score (nSPS) is 18.5. The van der Waals surface area contributed by atoms with Crippen LogP contribution in [0.25, 0.3) is 0 Å². The third-order valence-electron chi connectivity index (χ3n) is 5.99. The van der Waals surface area contributed by atoms with Crippen molar-refractivity contribution in [3.63, 3.8) is 0 Å². The summed E-state index contributed by atoms with van der Waals surface area (Å²) in [6.45, 7) is 7.43. The molecule has 6 heteroatoms. The topological polar surface area (TPSA) is 65.0 Å². The molecule has 0 spiro atoms. The Labute approximate surface area is 182 Å². The Hall–Kier alpha value is -1.63. The molecule has 0 saturated carbocycles. The number of morpholine rings is 1. The van der Waals surface area contributed by atoms with E-state index in [2.05, 4.69) is 36.1 Å². The van der Waals surface area contributed by atoms with Crippen LogP contribution in [0.5, 0.6) is 0 Å². The minimum Gasteiger partial charge on any atom is -0.465 e. The molecule has 1 aromatic carbocycles. The number of rotatable bonds is 13. The number of anilines is 1. The Morgan fingerprint density at radius 1 is 1.20 bits per heavy atom. The van der Waals surface area contributed by atoms with E-state index < -0.39 is 6.09 Å². The largest absolute Gasteiger partial charge is 0.465 e. The standard InChI is InChI=1S/C24H41N3O3/c1-20(18-26(2)3)23-19-30-17-16-27(23)15-11-7-5-4-6-8-12-21-13-9-10-14-22(21)25-24(28)29/h9-10,13-14,20,23,25H,4-8,11-12,15-19H2,1-3H3,(H,28,29). The van der Waals surface area contributed by atoms with Crippen LogP contribution in [0, 0.1) is 5.92 Å². The van der Waals surface area contributed by atoms with Crippen LogP contribution in [0.3, 0.4) is 0 Å². The Morgan fingerprint density at radius 3 is 2.63 bits per heavy atom. The number of benzene rings is 1. The third kappa shape index (κ3) is 9.02. The van der Waals surface area contributed by atoms with E-state index in [1.54, 1.807) is 0 Å². The minimum absolute atomic E-state index is 0.542. The molecular formula is C24H41N3O3. The van der Waals surface area contributed by atoms with E-state index in [0.29, 0.717) is 17.6 Å². The lowest BCUT2D eigenvalue weighted by atomic mass is 9.98. The molecule has 0 aliphatic carbocycles. The molecule has 30 heavy (non-hydrogen) atoms. The van der Waals surface area contributed by atoms with Crippen molar-refractivity contribution < 1.29 is 14.6 Å². The van der Waals surface area contributed by atoms with E-state index in [1.807, 2.05) is 24.3 Å². The lowest BCUT2D eigenvalue weighted by molar-refractivity contribution is -0.0310. The Kier molecular flexibility index (Phi) is 11.2. The van der Waals surface area contributed by atoms with Crippen LogP contribution in [0.2, 0.25) is 0 Å². The van der Waals surface area contributed by atoms with Gasteiger partial charge in [-0.15, -0.1) is 0 Å². The van der Waals surface area contributed by atoms with Crippen LogP contribution < -0.4 is 5.32 Å². The van der Waals surface area contributed by atoms with Gasteiger partial charge < -0.3 is 14.7 Å². The molecule has 2 N–H and O–H groups in total. The van der Waals surface area contributed by atoms with Crippen LogP contribution in [0.15, 0.2) is 24.3 Å². The predicted octanol–water partition coefficient (Wildman–Crippen LogP) is 4.56. The highest BCUT2D eigenvalue weighted by Crippen LogP contribution is 2.20. The molecule has 1 aromatic rings. The maximum atomic E-state index is 10.9. The van der Waals surface area contributed by atoms with Crippen molar-refractivity contribution in [2.45, 2.75) is 57.9 Å². The number of hydrogen-bond acceptors (Lipinski definition) is 4. The highest BCUT2D eigenvalue weighted by molar-refractivity contribution is 5.83. The molecule has 0 aromatic heterocycles. The first kappa shape index (κ1) is 24.6. The second kappa shape index (κ2) is 13.6. The van der Waals surface area contributed by atoms with Gasteiger partial charge >= 0.3 is 6.09 Å². The minimum atomic E-state index is -0.999. The molecule has 2 unspecified atom stereocenters. The molecule has 1 fully saturated rings. The summed E-state index contributed by atoms with van der Waals surface area (Å²) in [6, 6.07) is 8.24. The van der Waals surface area contributed by atoms with Gasteiger partial charge in [-0.3, -0.25) is 10.2 Å². The average molecular weight is 420 g/mol. The fourth-order valence-electron chi connectivity index (χ4n) is 4.47. The van der Waals surface area contributed by atoms with Gasteiger partial charge in [0.15, 0.2) is 0 Å². The maximum Gasteiger partial charge on any atom is 0.409 e. The molecule has 0 bridgehead atoms. The first-order chi connectivity index (χ1) is 14.5.